The van der Waals surface area contributed by atoms with Gasteiger partial charge in [-0.2, -0.15) is 5.10 Å². The maximum atomic E-state index is 5.49. The molecular formula is C17H21N3O3. The molecule has 2 aliphatic heterocycles. The molecule has 0 bridgehead atoms. The number of hydrogen-bond acceptors (Lipinski definition) is 5. The van der Waals surface area contributed by atoms with Crippen molar-refractivity contribution in [1.29, 1.82) is 0 Å². The minimum atomic E-state index is 0.224. The zero-order valence-electron chi connectivity index (χ0n) is 13.5. The molecule has 3 heterocycles. The number of hydrogen-bond donors (Lipinski definition) is 0. The van der Waals surface area contributed by atoms with Crippen molar-refractivity contribution in [1.82, 2.24) is 14.7 Å². The van der Waals surface area contributed by atoms with Gasteiger partial charge < -0.3 is 14.2 Å². The monoisotopic (exact) mass is 315 g/mol. The largest absolute Gasteiger partial charge is 0.454 e. The van der Waals surface area contributed by atoms with Gasteiger partial charge in [0.05, 0.1) is 24.5 Å². The Hall–Kier alpha value is -2.05. The molecule has 0 saturated carbocycles. The minimum Gasteiger partial charge on any atom is -0.454 e. The number of aryl methyl sites for hydroxylation is 1. The normalized spacial score (nSPS) is 19.8. The Bertz CT molecular complexity index is 713. The van der Waals surface area contributed by atoms with E-state index >= 15 is 0 Å². The van der Waals surface area contributed by atoms with Crippen molar-refractivity contribution in [2.24, 2.45) is 7.05 Å². The number of ether oxygens (including phenoxy) is 3. The fraction of sp³-hybridized carbons (Fsp3) is 0.471. The average Bonchev–Trinajstić information content (AvgIpc) is 3.16. The van der Waals surface area contributed by atoms with Gasteiger partial charge in [-0.1, -0.05) is 6.07 Å². The van der Waals surface area contributed by atoms with Crippen LogP contribution in [0.1, 0.15) is 22.9 Å². The second kappa shape index (κ2) is 5.86. The molecule has 1 atom stereocenters. The van der Waals surface area contributed by atoms with E-state index in [0.29, 0.717) is 13.4 Å². The molecule has 0 unspecified atom stereocenters. The van der Waals surface area contributed by atoms with Gasteiger partial charge >= 0.3 is 0 Å². The topological polar surface area (TPSA) is 48.8 Å². The van der Waals surface area contributed by atoms with Crippen molar-refractivity contribution in [2.75, 3.05) is 27.1 Å². The van der Waals surface area contributed by atoms with Crippen LogP contribution in [0.2, 0.25) is 0 Å². The molecule has 0 radical (unpaired) electrons. The summed E-state index contributed by atoms with van der Waals surface area (Å²) in [6.45, 7) is 2.83. The highest BCUT2D eigenvalue weighted by molar-refractivity contribution is 5.44. The molecular weight excluding hydrogens is 294 g/mol. The first-order valence-electron chi connectivity index (χ1n) is 7.88. The number of aromatic nitrogens is 2. The predicted octanol–water partition coefficient (Wildman–Crippen LogP) is 1.89. The Labute approximate surface area is 135 Å². The van der Waals surface area contributed by atoms with Gasteiger partial charge in [0.25, 0.3) is 0 Å². The summed E-state index contributed by atoms with van der Waals surface area (Å²) in [5, 5.41) is 4.42. The Morgan fingerprint density at radius 1 is 1.30 bits per heavy atom. The van der Waals surface area contributed by atoms with Crippen molar-refractivity contribution in [3.05, 3.63) is 41.2 Å². The van der Waals surface area contributed by atoms with Crippen LogP contribution in [-0.2, 0) is 24.8 Å². The van der Waals surface area contributed by atoms with Gasteiger partial charge in [0.15, 0.2) is 11.5 Å². The number of rotatable bonds is 4. The Balaban J connectivity index is 1.59. The van der Waals surface area contributed by atoms with E-state index in [0.717, 1.165) is 31.0 Å². The van der Waals surface area contributed by atoms with Crippen molar-refractivity contribution in [3.8, 4) is 11.5 Å². The first-order valence-corrected chi connectivity index (χ1v) is 7.88. The maximum absolute atomic E-state index is 5.49. The lowest BCUT2D eigenvalue weighted by molar-refractivity contribution is 0.0734. The SMILES string of the molecule is COC[C@@H]1c2c(cnn2C)CCN1Cc1ccc2c(c1)OCO2. The molecule has 6 nitrogen and oxygen atoms in total. The Kier molecular flexibility index (Phi) is 3.71. The Morgan fingerprint density at radius 2 is 2.17 bits per heavy atom. The smallest absolute Gasteiger partial charge is 0.231 e. The number of nitrogens with zero attached hydrogens (tertiary/aromatic N) is 3. The van der Waals surface area contributed by atoms with Crippen molar-refractivity contribution in [2.45, 2.75) is 19.0 Å². The summed E-state index contributed by atoms with van der Waals surface area (Å²) in [6, 6.07) is 6.39. The molecule has 0 saturated heterocycles. The van der Waals surface area contributed by atoms with Gasteiger partial charge in [-0.05, 0) is 29.7 Å². The van der Waals surface area contributed by atoms with E-state index in [4.69, 9.17) is 14.2 Å². The molecule has 23 heavy (non-hydrogen) atoms. The van der Waals surface area contributed by atoms with E-state index in [2.05, 4.69) is 22.1 Å². The zero-order valence-corrected chi connectivity index (χ0v) is 13.5. The van der Waals surface area contributed by atoms with E-state index in [-0.39, 0.29) is 6.04 Å². The Morgan fingerprint density at radius 3 is 3.04 bits per heavy atom. The van der Waals surface area contributed by atoms with E-state index in [1.54, 1.807) is 7.11 Å². The number of benzene rings is 1. The molecule has 4 rings (SSSR count). The number of methoxy groups -OCH3 is 1. The van der Waals surface area contributed by atoms with Gasteiger partial charge in [-0.15, -0.1) is 0 Å². The molecule has 1 aromatic heterocycles. The lowest BCUT2D eigenvalue weighted by Gasteiger charge is -2.35. The average molecular weight is 315 g/mol. The molecule has 6 heteroatoms. The summed E-state index contributed by atoms with van der Waals surface area (Å²) in [5.74, 6) is 1.67. The molecule has 1 aromatic carbocycles. The van der Waals surface area contributed by atoms with Gasteiger partial charge in [0.1, 0.15) is 0 Å². The lowest BCUT2D eigenvalue weighted by Crippen LogP contribution is -2.38. The van der Waals surface area contributed by atoms with Crippen LogP contribution >= 0.6 is 0 Å². The van der Waals surface area contributed by atoms with Crippen LogP contribution in [-0.4, -0.2) is 41.7 Å². The molecule has 0 spiro atoms. The fourth-order valence-electron chi connectivity index (χ4n) is 3.51. The third-order valence-electron chi connectivity index (χ3n) is 4.64. The molecule has 0 fully saturated rings. The second-order valence-corrected chi connectivity index (χ2v) is 6.06. The van der Waals surface area contributed by atoms with E-state index in [1.165, 1.54) is 16.8 Å². The highest BCUT2D eigenvalue weighted by Crippen LogP contribution is 2.35. The molecule has 0 aliphatic carbocycles. The van der Waals surface area contributed by atoms with Gasteiger partial charge in [-0.3, -0.25) is 9.58 Å². The summed E-state index contributed by atoms with van der Waals surface area (Å²) in [6.07, 6.45) is 3.00. The van der Waals surface area contributed by atoms with Crippen LogP contribution in [0.25, 0.3) is 0 Å². The molecule has 2 aromatic rings. The highest BCUT2D eigenvalue weighted by Gasteiger charge is 2.30. The third kappa shape index (κ3) is 2.58. The van der Waals surface area contributed by atoms with E-state index in [1.807, 2.05) is 24.0 Å². The molecule has 0 N–H and O–H groups in total. The van der Waals surface area contributed by atoms with Crippen LogP contribution in [0, 0.1) is 0 Å². The van der Waals surface area contributed by atoms with Gasteiger partial charge in [0, 0.05) is 27.2 Å². The first-order chi connectivity index (χ1) is 11.3. The van der Waals surface area contributed by atoms with Gasteiger partial charge in [0.2, 0.25) is 6.79 Å². The highest BCUT2D eigenvalue weighted by atomic mass is 16.7. The second-order valence-electron chi connectivity index (χ2n) is 6.06. The van der Waals surface area contributed by atoms with Crippen LogP contribution < -0.4 is 9.47 Å². The van der Waals surface area contributed by atoms with Crippen molar-refractivity contribution in [3.63, 3.8) is 0 Å². The molecule has 2 aliphatic rings. The summed E-state index contributed by atoms with van der Waals surface area (Å²) in [7, 11) is 3.76. The zero-order chi connectivity index (χ0) is 15.8. The van der Waals surface area contributed by atoms with Crippen LogP contribution in [0.4, 0.5) is 0 Å². The molecule has 0 amide bonds. The summed E-state index contributed by atoms with van der Waals surface area (Å²) in [5.41, 5.74) is 3.82. The van der Waals surface area contributed by atoms with E-state index in [9.17, 15) is 0 Å². The first kappa shape index (κ1) is 14.5. The van der Waals surface area contributed by atoms with E-state index < -0.39 is 0 Å². The minimum absolute atomic E-state index is 0.224. The third-order valence-corrected chi connectivity index (χ3v) is 4.64. The van der Waals surface area contributed by atoms with Crippen LogP contribution in [0.5, 0.6) is 11.5 Å². The fourth-order valence-corrected chi connectivity index (χ4v) is 3.51. The summed E-state index contributed by atoms with van der Waals surface area (Å²) < 4.78 is 18.3. The van der Waals surface area contributed by atoms with Crippen LogP contribution in [0.15, 0.2) is 24.4 Å². The summed E-state index contributed by atoms with van der Waals surface area (Å²) >= 11 is 0. The standard InChI is InChI=1S/C17H21N3O3/c1-19-17-13(8-18-19)5-6-20(14(17)10-21-2)9-12-3-4-15-16(7-12)23-11-22-15/h3-4,7-8,14H,5-6,9-11H2,1-2H3/t14-/m1/s1. The quantitative estimate of drug-likeness (QED) is 0.862. The molecule has 122 valence electrons. The lowest BCUT2D eigenvalue weighted by atomic mass is 9.99. The summed E-state index contributed by atoms with van der Waals surface area (Å²) in [4.78, 5) is 2.45. The predicted molar refractivity (Wildman–Crippen MR) is 84.5 cm³/mol. The van der Waals surface area contributed by atoms with Crippen LogP contribution in [0.3, 0.4) is 0 Å². The van der Waals surface area contributed by atoms with Crippen molar-refractivity contribution < 1.29 is 14.2 Å². The van der Waals surface area contributed by atoms with Gasteiger partial charge in [-0.25, -0.2) is 0 Å². The van der Waals surface area contributed by atoms with Crippen molar-refractivity contribution >= 4 is 0 Å². The maximum Gasteiger partial charge on any atom is 0.231 e. The number of fused-ring (bicyclic) bond motifs is 2.